The number of sulfonamides is 1. The summed E-state index contributed by atoms with van der Waals surface area (Å²) < 4.78 is 43.9. The van der Waals surface area contributed by atoms with Crippen LogP contribution in [0.4, 0.5) is 4.39 Å². The Bertz CT molecular complexity index is 655. The Balaban J connectivity index is 1.98. The van der Waals surface area contributed by atoms with Crippen LogP contribution in [0.15, 0.2) is 35.1 Å². The molecule has 1 amide bonds. The molecule has 0 radical (unpaired) electrons. The van der Waals surface area contributed by atoms with Gasteiger partial charge in [-0.2, -0.15) is 4.31 Å². The number of nitrogens with one attached hydrogen (secondary N) is 1. The van der Waals surface area contributed by atoms with Gasteiger partial charge in [-0.1, -0.05) is 0 Å². The van der Waals surface area contributed by atoms with E-state index in [9.17, 15) is 17.6 Å². The van der Waals surface area contributed by atoms with Gasteiger partial charge in [0.15, 0.2) is 0 Å². The zero-order chi connectivity index (χ0) is 16.7. The molecule has 0 aromatic carbocycles. The summed E-state index contributed by atoms with van der Waals surface area (Å²) in [5.74, 6) is 0.177. The summed E-state index contributed by atoms with van der Waals surface area (Å²) in [6.07, 6.45) is 3.76. The maximum atomic E-state index is 12.6. The second-order valence-corrected chi connectivity index (χ2v) is 6.94. The van der Waals surface area contributed by atoms with E-state index >= 15 is 0 Å². The number of hydrogen-bond acceptors (Lipinski definition) is 5. The zero-order valence-electron chi connectivity index (χ0n) is 12.4. The summed E-state index contributed by atoms with van der Waals surface area (Å²) >= 11 is 0. The molecule has 1 fully saturated rings. The van der Waals surface area contributed by atoms with Gasteiger partial charge >= 0.3 is 0 Å². The average molecular weight is 343 g/mol. The number of nitrogens with zero attached hydrogens (tertiary/aromatic N) is 2. The standard InChI is InChI=1S/C14H18FN3O4S/c15-7-12(8-16-11-19)10-22-14-4-3-13(9-17-14)23(20,21)18-5-1-2-6-18/h3-4,7,9,11H,1-2,5-6,8,10H2,(H,16,19)/b12-7+. The Kier molecular flexibility index (Phi) is 6.05. The van der Waals surface area contributed by atoms with E-state index in [1.807, 2.05) is 0 Å². The molecule has 2 rings (SSSR count). The first-order valence-electron chi connectivity index (χ1n) is 7.12. The molecule has 0 unspecified atom stereocenters. The van der Waals surface area contributed by atoms with Gasteiger partial charge in [-0.3, -0.25) is 4.79 Å². The molecule has 23 heavy (non-hydrogen) atoms. The number of hydrogen-bond donors (Lipinski definition) is 1. The van der Waals surface area contributed by atoms with Gasteiger partial charge in [0.2, 0.25) is 22.3 Å². The van der Waals surface area contributed by atoms with Crippen molar-refractivity contribution < 1.29 is 22.3 Å². The van der Waals surface area contributed by atoms with E-state index in [2.05, 4.69) is 10.3 Å². The maximum absolute atomic E-state index is 12.6. The normalized spacial score (nSPS) is 16.3. The molecule has 0 aliphatic carbocycles. The molecule has 0 bridgehead atoms. The van der Waals surface area contributed by atoms with Crippen molar-refractivity contribution in [2.45, 2.75) is 17.7 Å². The fourth-order valence-corrected chi connectivity index (χ4v) is 3.61. The third kappa shape index (κ3) is 4.49. The van der Waals surface area contributed by atoms with E-state index in [-0.39, 0.29) is 29.5 Å². The second-order valence-electron chi connectivity index (χ2n) is 5.00. The summed E-state index contributed by atoms with van der Waals surface area (Å²) in [6.45, 7) is 0.980. The number of halogens is 1. The molecule has 2 heterocycles. The monoisotopic (exact) mass is 343 g/mol. The van der Waals surface area contributed by atoms with Gasteiger partial charge in [0, 0.05) is 31.3 Å². The van der Waals surface area contributed by atoms with Crippen LogP contribution >= 0.6 is 0 Å². The number of carbonyl (C=O) groups excluding carboxylic acids is 1. The third-order valence-electron chi connectivity index (χ3n) is 3.38. The number of ether oxygens (including phenoxy) is 1. The zero-order valence-corrected chi connectivity index (χ0v) is 13.3. The molecule has 126 valence electrons. The first-order valence-corrected chi connectivity index (χ1v) is 8.56. The minimum atomic E-state index is -3.51. The third-order valence-corrected chi connectivity index (χ3v) is 5.27. The molecule has 1 aromatic rings. The Morgan fingerprint density at radius 1 is 1.39 bits per heavy atom. The minimum Gasteiger partial charge on any atom is -0.473 e. The minimum absolute atomic E-state index is 0.0292. The molecule has 1 aromatic heterocycles. The number of carbonyl (C=O) groups is 1. The highest BCUT2D eigenvalue weighted by atomic mass is 32.2. The fraction of sp³-hybridized carbons (Fsp3) is 0.429. The van der Waals surface area contributed by atoms with Crippen LogP contribution in [0.3, 0.4) is 0 Å². The first kappa shape index (κ1) is 17.4. The molecule has 0 spiro atoms. The highest BCUT2D eigenvalue weighted by molar-refractivity contribution is 7.89. The topological polar surface area (TPSA) is 88.6 Å². The van der Waals surface area contributed by atoms with Crippen molar-refractivity contribution in [1.29, 1.82) is 0 Å². The molecular formula is C14H18FN3O4S. The van der Waals surface area contributed by atoms with Gasteiger partial charge in [0.25, 0.3) is 0 Å². The van der Waals surface area contributed by atoms with Crippen LogP contribution in [0.5, 0.6) is 5.88 Å². The van der Waals surface area contributed by atoms with Crippen LogP contribution in [0, 0.1) is 0 Å². The number of aromatic nitrogens is 1. The van der Waals surface area contributed by atoms with Gasteiger partial charge in [0.1, 0.15) is 11.5 Å². The molecule has 0 saturated carbocycles. The highest BCUT2D eigenvalue weighted by Crippen LogP contribution is 2.21. The first-order chi connectivity index (χ1) is 11.1. The molecular weight excluding hydrogens is 325 g/mol. The van der Waals surface area contributed by atoms with Crippen LogP contribution in [-0.4, -0.2) is 50.4 Å². The predicted molar refractivity (Wildman–Crippen MR) is 81.0 cm³/mol. The van der Waals surface area contributed by atoms with Crippen LogP contribution in [-0.2, 0) is 14.8 Å². The summed E-state index contributed by atoms with van der Waals surface area (Å²) in [5, 5.41) is 2.32. The molecule has 1 N–H and O–H groups in total. The lowest BCUT2D eigenvalue weighted by Gasteiger charge is -2.15. The van der Waals surface area contributed by atoms with Gasteiger partial charge in [-0.05, 0) is 18.9 Å². The van der Waals surface area contributed by atoms with Gasteiger partial charge in [-0.15, -0.1) is 0 Å². The van der Waals surface area contributed by atoms with E-state index < -0.39 is 10.0 Å². The Morgan fingerprint density at radius 3 is 2.70 bits per heavy atom. The van der Waals surface area contributed by atoms with E-state index in [0.29, 0.717) is 25.8 Å². The van der Waals surface area contributed by atoms with E-state index in [4.69, 9.17) is 4.74 Å². The van der Waals surface area contributed by atoms with Crippen LogP contribution < -0.4 is 10.1 Å². The van der Waals surface area contributed by atoms with Crippen molar-refractivity contribution in [2.75, 3.05) is 26.2 Å². The van der Waals surface area contributed by atoms with Gasteiger partial charge in [0.05, 0.1) is 12.5 Å². The Morgan fingerprint density at radius 2 is 2.13 bits per heavy atom. The highest BCUT2D eigenvalue weighted by Gasteiger charge is 2.27. The number of pyridine rings is 1. The average Bonchev–Trinajstić information content (AvgIpc) is 3.11. The maximum Gasteiger partial charge on any atom is 0.244 e. The fourth-order valence-electron chi connectivity index (χ4n) is 2.14. The van der Waals surface area contributed by atoms with Crippen molar-refractivity contribution in [3.05, 3.63) is 30.2 Å². The van der Waals surface area contributed by atoms with Crippen LogP contribution in [0.2, 0.25) is 0 Å². The second kappa shape index (κ2) is 8.02. The summed E-state index contributed by atoms with van der Waals surface area (Å²) in [5.41, 5.74) is 0.229. The summed E-state index contributed by atoms with van der Waals surface area (Å²) in [7, 11) is -3.51. The summed E-state index contributed by atoms with van der Waals surface area (Å²) in [6, 6.07) is 2.84. The van der Waals surface area contributed by atoms with Crippen molar-refractivity contribution in [3.63, 3.8) is 0 Å². The molecule has 9 heteroatoms. The lowest BCUT2D eigenvalue weighted by Crippen LogP contribution is -2.27. The van der Waals surface area contributed by atoms with Gasteiger partial charge in [-0.25, -0.2) is 17.8 Å². The number of amides is 1. The van der Waals surface area contributed by atoms with Crippen LogP contribution in [0.1, 0.15) is 12.8 Å². The lowest BCUT2D eigenvalue weighted by atomic mass is 10.3. The van der Waals surface area contributed by atoms with Crippen LogP contribution in [0.25, 0.3) is 0 Å². The Labute approximate surface area is 134 Å². The largest absolute Gasteiger partial charge is 0.473 e. The molecule has 1 aliphatic heterocycles. The predicted octanol–water partition coefficient (Wildman–Crippen LogP) is 0.844. The molecule has 7 nitrogen and oxygen atoms in total. The van der Waals surface area contributed by atoms with Crippen molar-refractivity contribution >= 4 is 16.4 Å². The van der Waals surface area contributed by atoms with Crippen molar-refractivity contribution in [2.24, 2.45) is 0 Å². The molecule has 1 saturated heterocycles. The smallest absolute Gasteiger partial charge is 0.244 e. The van der Waals surface area contributed by atoms with E-state index in [0.717, 1.165) is 12.8 Å². The van der Waals surface area contributed by atoms with Crippen molar-refractivity contribution in [1.82, 2.24) is 14.6 Å². The Hall–Kier alpha value is -2.00. The molecule has 0 atom stereocenters. The molecule has 1 aliphatic rings. The quantitative estimate of drug-likeness (QED) is 0.707. The van der Waals surface area contributed by atoms with E-state index in [1.165, 1.54) is 22.6 Å². The van der Waals surface area contributed by atoms with E-state index in [1.54, 1.807) is 0 Å². The number of rotatable bonds is 8. The van der Waals surface area contributed by atoms with Crippen molar-refractivity contribution in [3.8, 4) is 5.88 Å². The lowest BCUT2D eigenvalue weighted by molar-refractivity contribution is -0.109. The SMILES string of the molecule is O=CNC/C(=C\F)COc1ccc(S(=O)(=O)N2CCCC2)cn1. The summed E-state index contributed by atoms with van der Waals surface area (Å²) in [4.78, 5) is 14.2. The van der Waals surface area contributed by atoms with Gasteiger partial charge < -0.3 is 10.1 Å².